The van der Waals surface area contributed by atoms with Crippen LogP contribution >= 0.6 is 11.3 Å². The van der Waals surface area contributed by atoms with Crippen LogP contribution in [-0.4, -0.2) is 36.4 Å². The minimum atomic E-state index is -0.233. The normalized spacial score (nSPS) is 19.9. The Kier molecular flexibility index (Phi) is 3.33. The van der Waals surface area contributed by atoms with Gasteiger partial charge in [0.15, 0.2) is 5.13 Å². The van der Waals surface area contributed by atoms with Gasteiger partial charge in [0.1, 0.15) is 11.3 Å². The average molecular weight is 278 g/mol. The lowest BCUT2D eigenvalue weighted by Gasteiger charge is -2.29. The van der Waals surface area contributed by atoms with Gasteiger partial charge in [-0.2, -0.15) is 0 Å². The monoisotopic (exact) mass is 278 g/mol. The number of aliphatic hydroxyl groups is 1. The van der Waals surface area contributed by atoms with Crippen molar-refractivity contribution in [2.45, 2.75) is 25.9 Å². The van der Waals surface area contributed by atoms with Crippen LogP contribution in [0.1, 0.15) is 18.4 Å². The third-order valence-electron chi connectivity index (χ3n) is 3.58. The zero-order chi connectivity index (χ0) is 13.4. The van der Waals surface area contributed by atoms with Gasteiger partial charge < -0.3 is 14.7 Å². The number of aliphatic hydroxyl groups excluding tert-OH is 1. The molecule has 0 aliphatic carbocycles. The van der Waals surface area contributed by atoms with Crippen molar-refractivity contribution in [3.05, 3.63) is 17.7 Å². The van der Waals surface area contributed by atoms with Gasteiger partial charge in [0.2, 0.25) is 0 Å². The van der Waals surface area contributed by atoms with Crippen LogP contribution in [0.25, 0.3) is 10.2 Å². The molecule has 1 aliphatic heterocycles. The Morgan fingerprint density at radius 3 is 3.05 bits per heavy atom. The first-order valence-electron chi connectivity index (χ1n) is 6.56. The Morgan fingerprint density at radius 1 is 1.47 bits per heavy atom. The van der Waals surface area contributed by atoms with E-state index in [1.54, 1.807) is 18.4 Å². The molecule has 0 radical (unpaired) electrons. The van der Waals surface area contributed by atoms with E-state index in [9.17, 15) is 5.11 Å². The summed E-state index contributed by atoms with van der Waals surface area (Å²) in [6, 6.07) is 4.03. The molecule has 0 spiro atoms. The van der Waals surface area contributed by atoms with Gasteiger partial charge in [0.05, 0.1) is 17.9 Å². The number of rotatable bonds is 2. The summed E-state index contributed by atoms with van der Waals surface area (Å²) in [7, 11) is 1.67. The maximum Gasteiger partial charge on any atom is 0.186 e. The molecule has 0 amide bonds. The second kappa shape index (κ2) is 4.98. The molecule has 1 aromatic carbocycles. The lowest BCUT2D eigenvalue weighted by atomic mass is 10.1. The molecule has 102 valence electrons. The third-order valence-corrected chi connectivity index (χ3v) is 4.83. The number of anilines is 1. The van der Waals surface area contributed by atoms with Crippen molar-refractivity contribution in [2.75, 3.05) is 25.1 Å². The van der Waals surface area contributed by atoms with Crippen LogP contribution in [0.3, 0.4) is 0 Å². The van der Waals surface area contributed by atoms with Crippen LogP contribution < -0.4 is 9.64 Å². The number of thiazole rings is 1. The predicted octanol–water partition coefficient (Wildman–Crippen LogP) is 2.57. The molecule has 4 nitrogen and oxygen atoms in total. The second-order valence-corrected chi connectivity index (χ2v) is 5.98. The van der Waals surface area contributed by atoms with Gasteiger partial charge in [0.25, 0.3) is 0 Å². The maximum absolute atomic E-state index is 9.78. The van der Waals surface area contributed by atoms with Crippen molar-refractivity contribution in [1.82, 2.24) is 4.98 Å². The number of β-amino-alcohol motifs (C(OH)–C–C–N with tert-alkyl or cyclic N) is 1. The van der Waals surface area contributed by atoms with Gasteiger partial charge in [-0.1, -0.05) is 17.4 Å². The highest BCUT2D eigenvalue weighted by molar-refractivity contribution is 7.22. The molecule has 0 bridgehead atoms. The Labute approximate surface area is 116 Å². The molecule has 3 rings (SSSR count). The molecule has 5 heteroatoms. The smallest absolute Gasteiger partial charge is 0.186 e. The highest BCUT2D eigenvalue weighted by Gasteiger charge is 2.21. The number of nitrogens with zero attached hydrogens (tertiary/aromatic N) is 2. The summed E-state index contributed by atoms with van der Waals surface area (Å²) in [5.41, 5.74) is 2.15. The minimum absolute atomic E-state index is 0.233. The first-order chi connectivity index (χ1) is 9.19. The lowest BCUT2D eigenvalue weighted by Crippen LogP contribution is -2.38. The van der Waals surface area contributed by atoms with Gasteiger partial charge in [-0.25, -0.2) is 4.98 Å². The van der Waals surface area contributed by atoms with E-state index >= 15 is 0 Å². The Morgan fingerprint density at radius 2 is 2.32 bits per heavy atom. The molecule has 0 saturated carbocycles. The van der Waals surface area contributed by atoms with Gasteiger partial charge in [-0.3, -0.25) is 0 Å². The molecular formula is C14H18N2O2S. The van der Waals surface area contributed by atoms with Crippen LogP contribution in [0.15, 0.2) is 12.1 Å². The quantitative estimate of drug-likeness (QED) is 0.917. The van der Waals surface area contributed by atoms with E-state index in [0.717, 1.165) is 35.8 Å². The van der Waals surface area contributed by atoms with E-state index in [-0.39, 0.29) is 6.10 Å². The number of fused-ring (bicyclic) bond motifs is 1. The molecule has 19 heavy (non-hydrogen) atoms. The number of methoxy groups -OCH3 is 1. The Balaban J connectivity index is 2.03. The molecule has 1 N–H and O–H groups in total. The van der Waals surface area contributed by atoms with Gasteiger partial charge in [-0.05, 0) is 31.4 Å². The van der Waals surface area contributed by atoms with Crippen LogP contribution in [0, 0.1) is 6.92 Å². The summed E-state index contributed by atoms with van der Waals surface area (Å²) in [5.74, 6) is 0.820. The highest BCUT2D eigenvalue weighted by atomic mass is 32.1. The predicted molar refractivity (Wildman–Crippen MR) is 78.4 cm³/mol. The fourth-order valence-corrected chi connectivity index (χ4v) is 3.61. The topological polar surface area (TPSA) is 45.6 Å². The van der Waals surface area contributed by atoms with Crippen molar-refractivity contribution in [2.24, 2.45) is 0 Å². The SMILES string of the molecule is COc1ccc(C)c2sc(N3CCCC(O)C3)nc12. The third kappa shape index (κ3) is 2.28. The zero-order valence-corrected chi connectivity index (χ0v) is 12.0. The molecule has 2 heterocycles. The number of piperidine rings is 1. The zero-order valence-electron chi connectivity index (χ0n) is 11.2. The van der Waals surface area contributed by atoms with Gasteiger partial charge >= 0.3 is 0 Å². The van der Waals surface area contributed by atoms with Crippen molar-refractivity contribution in [3.63, 3.8) is 0 Å². The van der Waals surface area contributed by atoms with Crippen LogP contribution in [0.5, 0.6) is 5.75 Å². The van der Waals surface area contributed by atoms with E-state index in [4.69, 9.17) is 9.72 Å². The van der Waals surface area contributed by atoms with Gasteiger partial charge in [-0.15, -0.1) is 0 Å². The summed E-state index contributed by atoms with van der Waals surface area (Å²) >= 11 is 1.69. The summed E-state index contributed by atoms with van der Waals surface area (Å²) in [4.78, 5) is 6.89. The number of ether oxygens (including phenoxy) is 1. The molecule has 1 aromatic heterocycles. The molecule has 1 fully saturated rings. The standard InChI is InChI=1S/C14H18N2O2S/c1-9-5-6-11(18-2)12-13(9)19-14(15-12)16-7-3-4-10(17)8-16/h5-6,10,17H,3-4,7-8H2,1-2H3. The van der Waals surface area contributed by atoms with Crippen molar-refractivity contribution >= 4 is 26.7 Å². The first kappa shape index (κ1) is 12.7. The Hall–Kier alpha value is -1.33. The van der Waals surface area contributed by atoms with E-state index in [1.807, 2.05) is 6.07 Å². The Bertz CT molecular complexity index is 596. The van der Waals surface area contributed by atoms with Crippen LogP contribution in [-0.2, 0) is 0 Å². The molecule has 1 saturated heterocycles. The number of hydrogen-bond donors (Lipinski definition) is 1. The van der Waals surface area contributed by atoms with E-state index in [1.165, 1.54) is 10.3 Å². The fraction of sp³-hybridized carbons (Fsp3) is 0.500. The average Bonchev–Trinajstić information content (AvgIpc) is 2.85. The lowest BCUT2D eigenvalue weighted by molar-refractivity contribution is 0.154. The van der Waals surface area contributed by atoms with Crippen LogP contribution in [0.2, 0.25) is 0 Å². The summed E-state index contributed by atoms with van der Waals surface area (Å²) in [5, 5.41) is 10.8. The molecule has 1 aliphatic rings. The van der Waals surface area contributed by atoms with Crippen molar-refractivity contribution < 1.29 is 9.84 Å². The van der Waals surface area contributed by atoms with Crippen molar-refractivity contribution in [3.8, 4) is 5.75 Å². The molecule has 1 unspecified atom stereocenters. The van der Waals surface area contributed by atoms with Gasteiger partial charge in [0, 0.05) is 13.1 Å². The molecular weight excluding hydrogens is 260 g/mol. The molecule has 1 atom stereocenters. The number of aryl methyl sites for hydroxylation is 1. The largest absolute Gasteiger partial charge is 0.494 e. The minimum Gasteiger partial charge on any atom is -0.494 e. The van der Waals surface area contributed by atoms with E-state index < -0.39 is 0 Å². The first-order valence-corrected chi connectivity index (χ1v) is 7.38. The van der Waals surface area contributed by atoms with Crippen molar-refractivity contribution in [1.29, 1.82) is 0 Å². The van der Waals surface area contributed by atoms with E-state index in [0.29, 0.717) is 6.54 Å². The van der Waals surface area contributed by atoms with Crippen LogP contribution in [0.4, 0.5) is 5.13 Å². The maximum atomic E-state index is 9.78. The second-order valence-electron chi connectivity index (χ2n) is 5.00. The number of hydrogen-bond acceptors (Lipinski definition) is 5. The van der Waals surface area contributed by atoms with E-state index in [2.05, 4.69) is 17.9 Å². The fourth-order valence-electron chi connectivity index (χ4n) is 2.53. The summed E-state index contributed by atoms with van der Waals surface area (Å²) < 4.78 is 6.56. The molecule has 2 aromatic rings. The number of benzene rings is 1. The summed E-state index contributed by atoms with van der Waals surface area (Å²) in [6.45, 7) is 3.74. The summed E-state index contributed by atoms with van der Waals surface area (Å²) in [6.07, 6.45) is 1.68. The number of aromatic nitrogens is 1. The highest BCUT2D eigenvalue weighted by Crippen LogP contribution is 2.37.